The highest BCUT2D eigenvalue weighted by Gasteiger charge is 1.98. The van der Waals surface area contributed by atoms with Crippen molar-refractivity contribution in [2.24, 2.45) is 0 Å². The predicted octanol–water partition coefficient (Wildman–Crippen LogP) is 2.68. The van der Waals surface area contributed by atoms with Gasteiger partial charge in [0, 0.05) is 5.56 Å². The quantitative estimate of drug-likeness (QED) is 0.741. The van der Waals surface area contributed by atoms with Crippen LogP contribution in [0.2, 0.25) is 0 Å². The fourth-order valence-corrected chi connectivity index (χ4v) is 1.45. The molecule has 15 heavy (non-hydrogen) atoms. The average molecular weight is 213 g/mol. The van der Waals surface area contributed by atoms with Crippen molar-refractivity contribution in [2.75, 3.05) is 0 Å². The van der Waals surface area contributed by atoms with Gasteiger partial charge in [-0.05, 0) is 12.1 Å². The van der Waals surface area contributed by atoms with Crippen LogP contribution in [0, 0.1) is 16.0 Å². The van der Waals surface area contributed by atoms with Crippen molar-refractivity contribution in [3.63, 3.8) is 0 Å². The van der Waals surface area contributed by atoms with Crippen molar-refractivity contribution in [2.45, 2.75) is 0 Å². The van der Waals surface area contributed by atoms with E-state index in [1.54, 1.807) is 24.5 Å². The summed E-state index contributed by atoms with van der Waals surface area (Å²) in [6.45, 7) is 0. The maximum atomic E-state index is 8.77. The molecule has 0 unspecified atom stereocenters. The second-order valence-corrected chi connectivity index (χ2v) is 3.44. The number of benzene rings is 1. The first-order valence-electron chi connectivity index (χ1n) is 4.34. The summed E-state index contributed by atoms with van der Waals surface area (Å²) in [6, 6.07) is 9.38. The molecule has 0 fully saturated rings. The van der Waals surface area contributed by atoms with E-state index in [0.717, 1.165) is 11.3 Å². The second kappa shape index (κ2) is 4.03. The van der Waals surface area contributed by atoms with E-state index >= 15 is 0 Å². The Morgan fingerprint density at radius 3 is 2.93 bits per heavy atom. The molecule has 0 saturated heterocycles. The third kappa shape index (κ3) is 2.09. The fraction of sp³-hybridized carbons (Fsp3) is 0. The van der Waals surface area contributed by atoms with Crippen molar-refractivity contribution in [3.8, 4) is 17.3 Å². The molecule has 0 spiro atoms. The van der Waals surface area contributed by atoms with Crippen LogP contribution in [-0.2, 0) is 0 Å². The van der Waals surface area contributed by atoms with Gasteiger partial charge in [0.1, 0.15) is 4.64 Å². The Hall–Kier alpha value is -1.99. The number of hydrogen-bond donors (Lipinski definition) is 1. The molecule has 0 bridgehead atoms. The molecule has 72 valence electrons. The minimum Gasteiger partial charge on any atom is -0.344 e. The highest BCUT2D eigenvalue weighted by atomic mass is 32.1. The van der Waals surface area contributed by atoms with Crippen molar-refractivity contribution >= 4 is 12.2 Å². The van der Waals surface area contributed by atoms with Crippen LogP contribution in [-0.4, -0.2) is 9.97 Å². The number of aromatic amines is 1. The van der Waals surface area contributed by atoms with Crippen LogP contribution in [0.4, 0.5) is 0 Å². The van der Waals surface area contributed by atoms with Gasteiger partial charge in [-0.3, -0.25) is 4.98 Å². The number of H-pyrrole nitrogens is 1. The van der Waals surface area contributed by atoms with Crippen molar-refractivity contribution < 1.29 is 0 Å². The highest BCUT2D eigenvalue weighted by Crippen LogP contribution is 2.16. The molecule has 0 saturated carbocycles. The molecule has 0 aliphatic rings. The van der Waals surface area contributed by atoms with E-state index in [0.29, 0.717) is 10.2 Å². The smallest absolute Gasteiger partial charge is 0.122 e. The largest absolute Gasteiger partial charge is 0.344 e. The molecule has 0 amide bonds. The van der Waals surface area contributed by atoms with E-state index in [4.69, 9.17) is 17.5 Å². The van der Waals surface area contributed by atoms with E-state index in [9.17, 15) is 0 Å². The minimum atomic E-state index is 0.579. The zero-order chi connectivity index (χ0) is 10.7. The minimum absolute atomic E-state index is 0.579. The summed E-state index contributed by atoms with van der Waals surface area (Å²) in [4.78, 5) is 7.02. The SMILES string of the molecule is N#Cc1cccc(-c2cncc(=S)[nH]2)c1. The van der Waals surface area contributed by atoms with Crippen LogP contribution in [0.5, 0.6) is 0 Å². The third-order valence-corrected chi connectivity index (χ3v) is 2.16. The molecule has 2 aromatic rings. The Labute approximate surface area is 92.0 Å². The van der Waals surface area contributed by atoms with Gasteiger partial charge in [-0.15, -0.1) is 0 Å². The summed E-state index contributed by atoms with van der Waals surface area (Å²) in [6.07, 6.45) is 3.26. The maximum Gasteiger partial charge on any atom is 0.122 e. The molecular weight excluding hydrogens is 206 g/mol. The topological polar surface area (TPSA) is 52.5 Å². The Balaban J connectivity index is 2.55. The van der Waals surface area contributed by atoms with Crippen molar-refractivity contribution in [3.05, 3.63) is 46.9 Å². The van der Waals surface area contributed by atoms with Gasteiger partial charge in [0.25, 0.3) is 0 Å². The van der Waals surface area contributed by atoms with E-state index in [1.807, 2.05) is 12.1 Å². The number of nitrogens with zero attached hydrogens (tertiary/aromatic N) is 2. The highest BCUT2D eigenvalue weighted by molar-refractivity contribution is 7.71. The molecule has 0 radical (unpaired) electrons. The van der Waals surface area contributed by atoms with Crippen LogP contribution in [0.15, 0.2) is 36.7 Å². The zero-order valence-electron chi connectivity index (χ0n) is 7.77. The van der Waals surface area contributed by atoms with Crippen LogP contribution in [0.25, 0.3) is 11.3 Å². The monoisotopic (exact) mass is 213 g/mol. The molecule has 1 heterocycles. The lowest BCUT2D eigenvalue weighted by Gasteiger charge is -2.00. The molecule has 1 aromatic heterocycles. The van der Waals surface area contributed by atoms with Gasteiger partial charge < -0.3 is 4.98 Å². The summed E-state index contributed by atoms with van der Waals surface area (Å²) >= 11 is 4.98. The molecule has 3 nitrogen and oxygen atoms in total. The summed E-state index contributed by atoms with van der Waals surface area (Å²) < 4.78 is 0.579. The number of nitrogens with one attached hydrogen (secondary N) is 1. The molecule has 4 heteroatoms. The first-order chi connectivity index (χ1) is 7.29. The number of aromatic nitrogens is 2. The van der Waals surface area contributed by atoms with Gasteiger partial charge in [-0.1, -0.05) is 24.4 Å². The fourth-order valence-electron chi connectivity index (χ4n) is 1.28. The van der Waals surface area contributed by atoms with Gasteiger partial charge in [-0.25, -0.2) is 0 Å². The second-order valence-electron chi connectivity index (χ2n) is 3.00. The molecule has 0 aliphatic carbocycles. The van der Waals surface area contributed by atoms with Crippen molar-refractivity contribution in [1.29, 1.82) is 5.26 Å². The first-order valence-corrected chi connectivity index (χ1v) is 4.75. The van der Waals surface area contributed by atoms with Crippen LogP contribution >= 0.6 is 12.2 Å². The molecule has 1 aromatic carbocycles. The molecular formula is C11H7N3S. The Morgan fingerprint density at radius 1 is 1.33 bits per heavy atom. The van der Waals surface area contributed by atoms with Gasteiger partial charge >= 0.3 is 0 Å². The van der Waals surface area contributed by atoms with Gasteiger partial charge in [0.15, 0.2) is 0 Å². The molecule has 1 N–H and O–H groups in total. The standard InChI is InChI=1S/C11H7N3S/c12-5-8-2-1-3-9(4-8)10-6-13-7-11(15)14-10/h1-4,6-7H,(H,14,15). The normalized spacial score (nSPS) is 9.53. The van der Waals surface area contributed by atoms with Gasteiger partial charge in [0.2, 0.25) is 0 Å². The number of rotatable bonds is 1. The van der Waals surface area contributed by atoms with E-state index in [-0.39, 0.29) is 0 Å². The van der Waals surface area contributed by atoms with Gasteiger partial charge in [-0.2, -0.15) is 5.26 Å². The number of nitriles is 1. The summed E-state index contributed by atoms with van der Waals surface area (Å²) in [7, 11) is 0. The van der Waals surface area contributed by atoms with E-state index in [2.05, 4.69) is 16.0 Å². The predicted molar refractivity (Wildman–Crippen MR) is 59.6 cm³/mol. The Kier molecular flexibility index (Phi) is 2.57. The zero-order valence-corrected chi connectivity index (χ0v) is 8.58. The van der Waals surface area contributed by atoms with E-state index in [1.165, 1.54) is 0 Å². The maximum absolute atomic E-state index is 8.77. The van der Waals surface area contributed by atoms with Gasteiger partial charge in [0.05, 0.1) is 29.7 Å². The van der Waals surface area contributed by atoms with Crippen LogP contribution in [0.1, 0.15) is 5.56 Å². The van der Waals surface area contributed by atoms with Crippen molar-refractivity contribution in [1.82, 2.24) is 9.97 Å². The molecule has 0 atom stereocenters. The van der Waals surface area contributed by atoms with E-state index < -0.39 is 0 Å². The Bertz CT molecular complexity index is 581. The lowest BCUT2D eigenvalue weighted by atomic mass is 10.1. The lowest BCUT2D eigenvalue weighted by Crippen LogP contribution is -1.86. The third-order valence-electron chi connectivity index (χ3n) is 1.96. The Morgan fingerprint density at radius 2 is 2.20 bits per heavy atom. The van der Waals surface area contributed by atoms with Crippen LogP contribution in [0.3, 0.4) is 0 Å². The lowest BCUT2D eigenvalue weighted by molar-refractivity contribution is 1.18. The van der Waals surface area contributed by atoms with Crippen LogP contribution < -0.4 is 0 Å². The number of hydrogen-bond acceptors (Lipinski definition) is 3. The molecule has 2 rings (SSSR count). The summed E-state index contributed by atoms with van der Waals surface area (Å²) in [5, 5.41) is 8.77. The average Bonchev–Trinajstić information content (AvgIpc) is 2.29. The molecule has 0 aliphatic heterocycles. The summed E-state index contributed by atoms with van der Waals surface area (Å²) in [5.41, 5.74) is 2.35. The first kappa shape index (κ1) is 9.56. The summed E-state index contributed by atoms with van der Waals surface area (Å²) in [5.74, 6) is 0.